The van der Waals surface area contributed by atoms with E-state index in [1.165, 1.54) is 24.0 Å². The van der Waals surface area contributed by atoms with Crippen LogP contribution >= 0.6 is 11.6 Å². The summed E-state index contributed by atoms with van der Waals surface area (Å²) in [6.45, 7) is 7.19. The Morgan fingerprint density at radius 3 is 2.66 bits per heavy atom. The predicted octanol–water partition coefficient (Wildman–Crippen LogP) is 6.87. The van der Waals surface area contributed by atoms with Gasteiger partial charge in [-0.2, -0.15) is 0 Å². The first-order chi connectivity index (χ1) is 19.8. The minimum Gasteiger partial charge on any atom is -0.341 e. The van der Waals surface area contributed by atoms with E-state index in [0.717, 1.165) is 66.6 Å². The Balaban J connectivity index is 1.28. The fourth-order valence-electron chi connectivity index (χ4n) is 6.51. The topological polar surface area (TPSA) is 51.7 Å². The van der Waals surface area contributed by atoms with E-state index >= 15 is 0 Å². The number of nitrogens with zero attached hydrogens (tertiary/aromatic N) is 4. The highest BCUT2D eigenvalue weighted by Crippen LogP contribution is 2.36. The number of pyridine rings is 1. The van der Waals surface area contributed by atoms with Gasteiger partial charge in [-0.25, -0.2) is 4.98 Å². The third kappa shape index (κ3) is 6.94. The number of anilines is 2. The number of halogens is 1. The van der Waals surface area contributed by atoms with Crippen LogP contribution in [0, 0.1) is 6.92 Å². The molecule has 0 radical (unpaired) electrons. The summed E-state index contributed by atoms with van der Waals surface area (Å²) < 4.78 is 0. The number of nitrogens with one attached hydrogen (secondary N) is 1. The summed E-state index contributed by atoms with van der Waals surface area (Å²) in [5, 5.41) is 4.10. The molecule has 7 heteroatoms. The lowest BCUT2D eigenvalue weighted by atomic mass is 9.99. The lowest BCUT2D eigenvalue weighted by Crippen LogP contribution is -2.51. The minimum atomic E-state index is -0.260. The second kappa shape index (κ2) is 13.4. The Kier molecular flexibility index (Phi) is 9.64. The average molecular weight is 574 g/mol. The van der Waals surface area contributed by atoms with Crippen molar-refractivity contribution in [2.24, 2.45) is 0 Å². The van der Waals surface area contributed by atoms with E-state index in [1.54, 1.807) is 0 Å². The van der Waals surface area contributed by atoms with Crippen molar-refractivity contribution in [2.45, 2.75) is 77.0 Å². The molecule has 1 N–H and O–H groups in total. The summed E-state index contributed by atoms with van der Waals surface area (Å²) in [4.78, 5) is 25.7. The molecule has 0 bridgehead atoms. The quantitative estimate of drug-likeness (QED) is 0.287. The number of hydrogen-bond donors (Lipinski definition) is 1. The number of likely N-dealkylation sites (tertiary alicyclic amines) is 1. The number of piperidine rings is 1. The lowest BCUT2D eigenvalue weighted by Gasteiger charge is -2.40. The fraction of sp³-hybridized carbons (Fsp3) is 0.471. The number of aryl methyl sites for hydroxylation is 1. The van der Waals surface area contributed by atoms with Crippen LogP contribution in [0.3, 0.4) is 0 Å². The van der Waals surface area contributed by atoms with Gasteiger partial charge >= 0.3 is 0 Å². The molecule has 5 rings (SSSR count). The van der Waals surface area contributed by atoms with Crippen LogP contribution in [0.1, 0.15) is 67.3 Å². The number of fused-ring (bicyclic) bond motifs is 1. The predicted molar refractivity (Wildman–Crippen MR) is 170 cm³/mol. The molecule has 1 fully saturated rings. The molecule has 2 unspecified atom stereocenters. The first kappa shape index (κ1) is 29.6. The van der Waals surface area contributed by atoms with Gasteiger partial charge in [0.1, 0.15) is 11.9 Å². The van der Waals surface area contributed by atoms with Gasteiger partial charge in [0.15, 0.2) is 0 Å². The first-order valence-corrected chi connectivity index (χ1v) is 15.5. The van der Waals surface area contributed by atoms with Gasteiger partial charge in [-0.15, -0.1) is 0 Å². The molecule has 2 aliphatic heterocycles. The standard InChI is InChI=1S/C34H44ClN5O/c1-5-6-12-31(38(3)4)26-9-7-11-28(21-26)37-34(41)32-22-27-10-8-17-36-33(27)40(32)29-15-18-39(19-16-29)23-25-13-14-30(35)24(2)20-25/h7-11,13-14,17,20-21,29,31-32H,5-6,12,15-16,18-19,22-23H2,1-4H3,(H,37,41). The number of aromatic nitrogens is 1. The first-order valence-electron chi connectivity index (χ1n) is 15.1. The Labute approximate surface area is 250 Å². The maximum absolute atomic E-state index is 13.9. The molecule has 41 heavy (non-hydrogen) atoms. The Hall–Kier alpha value is -2.93. The molecular weight excluding hydrogens is 530 g/mol. The third-order valence-corrected chi connectivity index (χ3v) is 9.16. The molecule has 0 spiro atoms. The second-order valence-electron chi connectivity index (χ2n) is 11.9. The van der Waals surface area contributed by atoms with Crippen LogP contribution in [0.5, 0.6) is 0 Å². The monoisotopic (exact) mass is 573 g/mol. The van der Waals surface area contributed by atoms with Gasteiger partial charge in [-0.3, -0.25) is 9.69 Å². The number of benzene rings is 2. The zero-order chi connectivity index (χ0) is 28.9. The maximum Gasteiger partial charge on any atom is 0.247 e. The molecule has 2 atom stereocenters. The van der Waals surface area contributed by atoms with Crippen LogP contribution < -0.4 is 10.2 Å². The van der Waals surface area contributed by atoms with Crippen molar-refractivity contribution in [1.82, 2.24) is 14.8 Å². The van der Waals surface area contributed by atoms with Gasteiger partial charge in [0.25, 0.3) is 0 Å². The zero-order valence-electron chi connectivity index (χ0n) is 24.9. The second-order valence-corrected chi connectivity index (χ2v) is 12.3. The Morgan fingerprint density at radius 2 is 1.93 bits per heavy atom. The zero-order valence-corrected chi connectivity index (χ0v) is 25.7. The van der Waals surface area contributed by atoms with Crippen LogP contribution in [-0.4, -0.2) is 60.0 Å². The van der Waals surface area contributed by atoms with Gasteiger partial charge in [0, 0.05) is 55.0 Å². The molecule has 2 aliphatic rings. The largest absolute Gasteiger partial charge is 0.341 e. The minimum absolute atomic E-state index is 0.0502. The van der Waals surface area contributed by atoms with Crippen LogP contribution in [0.2, 0.25) is 5.02 Å². The van der Waals surface area contributed by atoms with Crippen molar-refractivity contribution < 1.29 is 4.79 Å². The average Bonchev–Trinajstić information content (AvgIpc) is 3.36. The number of unbranched alkanes of at least 4 members (excludes halogenated alkanes) is 1. The van der Waals surface area contributed by atoms with E-state index in [0.29, 0.717) is 12.5 Å². The summed E-state index contributed by atoms with van der Waals surface area (Å²) in [6, 6.07) is 19.2. The summed E-state index contributed by atoms with van der Waals surface area (Å²) in [5.74, 6) is 1.02. The summed E-state index contributed by atoms with van der Waals surface area (Å²) >= 11 is 6.24. The number of rotatable bonds is 10. The Bertz CT molecular complexity index is 1340. The van der Waals surface area contributed by atoms with E-state index < -0.39 is 0 Å². The van der Waals surface area contributed by atoms with Crippen molar-refractivity contribution in [1.29, 1.82) is 0 Å². The SMILES string of the molecule is CCCCC(c1cccc(NC(=O)C2Cc3cccnc3N2C2CCN(Cc3ccc(Cl)c(C)c3)CC2)c1)N(C)C. The summed E-state index contributed by atoms with van der Waals surface area (Å²) in [7, 11) is 4.27. The molecule has 1 aromatic heterocycles. The highest BCUT2D eigenvalue weighted by molar-refractivity contribution is 6.31. The van der Waals surface area contributed by atoms with Crippen molar-refractivity contribution in [3.8, 4) is 0 Å². The number of carbonyl (C=O) groups excluding carboxylic acids is 1. The molecule has 6 nitrogen and oxygen atoms in total. The molecular formula is C34H44ClN5O. The third-order valence-electron chi connectivity index (χ3n) is 8.74. The number of hydrogen-bond acceptors (Lipinski definition) is 5. The number of carbonyl (C=O) groups is 1. The van der Waals surface area contributed by atoms with Crippen molar-refractivity contribution in [2.75, 3.05) is 37.4 Å². The van der Waals surface area contributed by atoms with Crippen LogP contribution in [0.15, 0.2) is 60.8 Å². The Morgan fingerprint density at radius 1 is 1.12 bits per heavy atom. The van der Waals surface area contributed by atoms with Crippen LogP contribution in [-0.2, 0) is 17.8 Å². The molecule has 1 saturated heterocycles. The molecule has 3 aromatic rings. The van der Waals surface area contributed by atoms with E-state index in [9.17, 15) is 4.79 Å². The van der Waals surface area contributed by atoms with E-state index in [-0.39, 0.29) is 18.0 Å². The molecule has 0 aliphatic carbocycles. The van der Waals surface area contributed by atoms with Crippen molar-refractivity contribution in [3.63, 3.8) is 0 Å². The van der Waals surface area contributed by atoms with Gasteiger partial charge < -0.3 is 15.1 Å². The molecule has 2 aromatic carbocycles. The van der Waals surface area contributed by atoms with Gasteiger partial charge in [0.2, 0.25) is 5.91 Å². The van der Waals surface area contributed by atoms with E-state index in [2.05, 4.69) is 84.4 Å². The number of amides is 1. The summed E-state index contributed by atoms with van der Waals surface area (Å²) in [5.41, 5.74) is 5.69. The van der Waals surface area contributed by atoms with Gasteiger partial charge in [-0.05, 0) is 86.8 Å². The van der Waals surface area contributed by atoms with Crippen molar-refractivity contribution in [3.05, 3.63) is 88.1 Å². The highest BCUT2D eigenvalue weighted by atomic mass is 35.5. The molecule has 1 amide bonds. The highest BCUT2D eigenvalue weighted by Gasteiger charge is 2.40. The summed E-state index contributed by atoms with van der Waals surface area (Å²) in [6.07, 6.45) is 8.01. The molecule has 3 heterocycles. The van der Waals surface area contributed by atoms with Crippen LogP contribution in [0.4, 0.5) is 11.5 Å². The molecule has 0 saturated carbocycles. The van der Waals surface area contributed by atoms with Crippen LogP contribution in [0.25, 0.3) is 0 Å². The van der Waals surface area contributed by atoms with Gasteiger partial charge in [0.05, 0.1) is 0 Å². The lowest BCUT2D eigenvalue weighted by molar-refractivity contribution is -0.117. The normalized spacial score (nSPS) is 18.5. The maximum atomic E-state index is 13.9. The van der Waals surface area contributed by atoms with E-state index in [4.69, 9.17) is 16.6 Å². The fourth-order valence-corrected chi connectivity index (χ4v) is 6.63. The van der Waals surface area contributed by atoms with Crippen molar-refractivity contribution >= 4 is 29.0 Å². The molecule has 218 valence electrons. The van der Waals surface area contributed by atoms with E-state index in [1.807, 2.05) is 24.4 Å². The van der Waals surface area contributed by atoms with Gasteiger partial charge in [-0.1, -0.05) is 61.7 Å². The smallest absolute Gasteiger partial charge is 0.247 e.